The van der Waals surface area contributed by atoms with Crippen molar-refractivity contribution in [2.45, 2.75) is 19.4 Å². The standard InChI is InChI=1S/C14H20N4O3/c1-16-14(19)11-4-6-17(7-5-11)9-10-2-3-12(15)13(8-10)18(20)21/h2-3,8,11H,4-7,9,15H2,1H3,(H,16,19). The molecule has 21 heavy (non-hydrogen) atoms. The van der Waals surface area contributed by atoms with E-state index in [2.05, 4.69) is 10.2 Å². The molecule has 2 rings (SSSR count). The average Bonchev–Trinajstić information content (AvgIpc) is 2.49. The topological polar surface area (TPSA) is 102 Å². The zero-order valence-corrected chi connectivity index (χ0v) is 12.0. The van der Waals surface area contributed by atoms with Crippen LogP contribution in [0, 0.1) is 16.0 Å². The first kappa shape index (κ1) is 15.2. The molecule has 1 saturated heterocycles. The van der Waals surface area contributed by atoms with Crippen LogP contribution in [0.4, 0.5) is 11.4 Å². The molecule has 0 bridgehead atoms. The van der Waals surface area contributed by atoms with Gasteiger partial charge in [0.15, 0.2) is 0 Å². The molecule has 1 aromatic rings. The molecule has 0 saturated carbocycles. The Hall–Kier alpha value is -2.15. The van der Waals surface area contributed by atoms with Gasteiger partial charge < -0.3 is 11.1 Å². The zero-order valence-electron chi connectivity index (χ0n) is 12.0. The van der Waals surface area contributed by atoms with Crippen LogP contribution in [0.25, 0.3) is 0 Å². The predicted molar refractivity (Wildman–Crippen MR) is 79.6 cm³/mol. The molecule has 1 aliphatic heterocycles. The van der Waals surface area contributed by atoms with Crippen LogP contribution in [-0.4, -0.2) is 35.9 Å². The van der Waals surface area contributed by atoms with Crippen molar-refractivity contribution in [3.63, 3.8) is 0 Å². The quantitative estimate of drug-likeness (QED) is 0.492. The Morgan fingerprint density at radius 2 is 2.14 bits per heavy atom. The Morgan fingerprint density at radius 1 is 1.48 bits per heavy atom. The molecular weight excluding hydrogens is 272 g/mol. The van der Waals surface area contributed by atoms with E-state index in [1.54, 1.807) is 13.1 Å². The largest absolute Gasteiger partial charge is 0.393 e. The fraction of sp³-hybridized carbons (Fsp3) is 0.500. The lowest BCUT2D eigenvalue weighted by atomic mass is 9.95. The lowest BCUT2D eigenvalue weighted by Gasteiger charge is -2.31. The van der Waals surface area contributed by atoms with Crippen molar-refractivity contribution in [1.82, 2.24) is 10.2 Å². The number of nitrogens with zero attached hydrogens (tertiary/aromatic N) is 2. The molecule has 0 aromatic heterocycles. The smallest absolute Gasteiger partial charge is 0.292 e. The number of hydrogen-bond acceptors (Lipinski definition) is 5. The summed E-state index contributed by atoms with van der Waals surface area (Å²) >= 11 is 0. The summed E-state index contributed by atoms with van der Waals surface area (Å²) in [7, 11) is 1.65. The minimum absolute atomic E-state index is 0.0484. The Morgan fingerprint density at radius 3 is 2.71 bits per heavy atom. The molecule has 0 unspecified atom stereocenters. The maximum Gasteiger partial charge on any atom is 0.292 e. The second kappa shape index (κ2) is 6.53. The molecule has 3 N–H and O–H groups in total. The molecule has 0 radical (unpaired) electrons. The molecule has 0 aliphatic carbocycles. The van der Waals surface area contributed by atoms with Crippen molar-refractivity contribution in [1.29, 1.82) is 0 Å². The maximum absolute atomic E-state index is 11.6. The van der Waals surface area contributed by atoms with E-state index in [4.69, 9.17) is 5.73 Å². The number of anilines is 1. The Labute approximate surface area is 123 Å². The second-order valence-electron chi connectivity index (χ2n) is 5.31. The molecule has 7 nitrogen and oxygen atoms in total. The van der Waals surface area contributed by atoms with Gasteiger partial charge >= 0.3 is 0 Å². The third-order valence-electron chi connectivity index (χ3n) is 3.90. The first-order valence-electron chi connectivity index (χ1n) is 6.98. The van der Waals surface area contributed by atoms with Crippen LogP contribution in [0.5, 0.6) is 0 Å². The Kier molecular flexibility index (Phi) is 4.74. The highest BCUT2D eigenvalue weighted by Gasteiger charge is 2.24. The number of benzene rings is 1. The lowest BCUT2D eigenvalue weighted by molar-refractivity contribution is -0.384. The minimum atomic E-state index is -0.462. The molecule has 1 aliphatic rings. The summed E-state index contributed by atoms with van der Waals surface area (Å²) in [5.74, 6) is 0.171. The van der Waals surface area contributed by atoms with E-state index in [9.17, 15) is 14.9 Å². The highest BCUT2D eigenvalue weighted by molar-refractivity contribution is 5.78. The second-order valence-corrected chi connectivity index (χ2v) is 5.31. The summed E-state index contributed by atoms with van der Waals surface area (Å²) in [6.45, 7) is 2.27. The van der Waals surface area contributed by atoms with Crippen LogP contribution in [-0.2, 0) is 11.3 Å². The van der Waals surface area contributed by atoms with Crippen molar-refractivity contribution >= 4 is 17.3 Å². The van der Waals surface area contributed by atoms with Crippen LogP contribution in [0.1, 0.15) is 18.4 Å². The fourth-order valence-corrected chi connectivity index (χ4v) is 2.66. The Bertz CT molecular complexity index is 539. The van der Waals surface area contributed by atoms with Gasteiger partial charge in [0.2, 0.25) is 5.91 Å². The zero-order chi connectivity index (χ0) is 15.4. The number of nitrogens with two attached hydrogens (primary N) is 1. The molecule has 1 amide bonds. The van der Waals surface area contributed by atoms with Gasteiger partial charge in [-0.2, -0.15) is 0 Å². The monoisotopic (exact) mass is 292 g/mol. The van der Waals surface area contributed by atoms with Gasteiger partial charge in [-0.3, -0.25) is 19.8 Å². The molecule has 0 spiro atoms. The highest BCUT2D eigenvalue weighted by Crippen LogP contribution is 2.24. The van der Waals surface area contributed by atoms with Gasteiger partial charge in [0, 0.05) is 25.6 Å². The number of hydrogen-bond donors (Lipinski definition) is 2. The van der Waals surface area contributed by atoms with E-state index < -0.39 is 4.92 Å². The van der Waals surface area contributed by atoms with Gasteiger partial charge in [0.25, 0.3) is 5.69 Å². The number of nitro benzene ring substituents is 1. The summed E-state index contributed by atoms with van der Waals surface area (Å²) in [6.07, 6.45) is 1.63. The third-order valence-corrected chi connectivity index (χ3v) is 3.90. The van der Waals surface area contributed by atoms with E-state index in [0.717, 1.165) is 31.5 Å². The minimum Gasteiger partial charge on any atom is -0.393 e. The third kappa shape index (κ3) is 3.69. The molecule has 1 aromatic carbocycles. The van der Waals surface area contributed by atoms with E-state index in [1.807, 2.05) is 6.07 Å². The van der Waals surface area contributed by atoms with E-state index in [1.165, 1.54) is 6.07 Å². The summed E-state index contributed by atoms with van der Waals surface area (Å²) in [6, 6.07) is 4.91. The van der Waals surface area contributed by atoms with E-state index >= 15 is 0 Å². The maximum atomic E-state index is 11.6. The SMILES string of the molecule is CNC(=O)C1CCN(Cc2ccc(N)c([N+](=O)[O-])c2)CC1. The number of nitro groups is 1. The van der Waals surface area contributed by atoms with E-state index in [0.29, 0.717) is 6.54 Å². The van der Waals surface area contributed by atoms with Crippen LogP contribution in [0.15, 0.2) is 18.2 Å². The van der Waals surface area contributed by atoms with Gasteiger partial charge in [0.05, 0.1) is 4.92 Å². The predicted octanol–water partition coefficient (Wildman–Crippen LogP) is 1.13. The van der Waals surface area contributed by atoms with Crippen LogP contribution >= 0.6 is 0 Å². The first-order chi connectivity index (χ1) is 10.0. The molecule has 7 heteroatoms. The van der Waals surface area contributed by atoms with Crippen molar-refractivity contribution in [2.75, 3.05) is 25.9 Å². The number of likely N-dealkylation sites (tertiary alicyclic amines) is 1. The summed E-state index contributed by atoms with van der Waals surface area (Å²) in [4.78, 5) is 24.2. The van der Waals surface area contributed by atoms with Gasteiger partial charge in [0.1, 0.15) is 5.69 Å². The fourth-order valence-electron chi connectivity index (χ4n) is 2.66. The Balaban J connectivity index is 1.96. The molecule has 0 atom stereocenters. The van der Waals surface area contributed by atoms with Crippen molar-refractivity contribution in [2.24, 2.45) is 5.92 Å². The van der Waals surface area contributed by atoms with Crippen molar-refractivity contribution < 1.29 is 9.72 Å². The van der Waals surface area contributed by atoms with Gasteiger partial charge in [-0.15, -0.1) is 0 Å². The van der Waals surface area contributed by atoms with Crippen LogP contribution < -0.4 is 11.1 Å². The number of nitrogens with one attached hydrogen (secondary N) is 1. The molecule has 1 fully saturated rings. The summed E-state index contributed by atoms with van der Waals surface area (Å²) < 4.78 is 0. The van der Waals surface area contributed by atoms with Gasteiger partial charge in [-0.05, 0) is 37.6 Å². The summed E-state index contributed by atoms with van der Waals surface area (Å²) in [5, 5.41) is 13.6. The molecule has 114 valence electrons. The van der Waals surface area contributed by atoms with Crippen LogP contribution in [0.2, 0.25) is 0 Å². The van der Waals surface area contributed by atoms with Gasteiger partial charge in [-0.1, -0.05) is 6.07 Å². The number of amides is 1. The van der Waals surface area contributed by atoms with Crippen molar-refractivity contribution in [3.8, 4) is 0 Å². The summed E-state index contributed by atoms with van der Waals surface area (Å²) in [5.41, 5.74) is 6.59. The number of nitrogen functional groups attached to an aromatic ring is 1. The van der Waals surface area contributed by atoms with Crippen molar-refractivity contribution in [3.05, 3.63) is 33.9 Å². The number of carbonyl (C=O) groups excluding carboxylic acids is 1. The molecule has 1 heterocycles. The highest BCUT2D eigenvalue weighted by atomic mass is 16.6. The average molecular weight is 292 g/mol. The number of rotatable bonds is 4. The van der Waals surface area contributed by atoms with Gasteiger partial charge in [-0.25, -0.2) is 0 Å². The normalized spacial score (nSPS) is 16.6. The first-order valence-corrected chi connectivity index (χ1v) is 6.98. The number of piperidine rings is 1. The molecular formula is C14H20N4O3. The lowest BCUT2D eigenvalue weighted by Crippen LogP contribution is -2.39. The van der Waals surface area contributed by atoms with Crippen LogP contribution in [0.3, 0.4) is 0 Å². The van der Waals surface area contributed by atoms with E-state index in [-0.39, 0.29) is 23.2 Å². The number of carbonyl (C=O) groups is 1.